The van der Waals surface area contributed by atoms with E-state index in [2.05, 4.69) is 10.6 Å². The number of nitrogens with one attached hydrogen (secondary N) is 2. The topological polar surface area (TPSA) is 95.6 Å². The van der Waals surface area contributed by atoms with Gasteiger partial charge in [0.1, 0.15) is 0 Å². The van der Waals surface area contributed by atoms with E-state index >= 15 is 0 Å². The van der Waals surface area contributed by atoms with Crippen LogP contribution in [-0.4, -0.2) is 56.5 Å². The maximum atomic E-state index is 12.5. The lowest BCUT2D eigenvalue weighted by Crippen LogP contribution is -2.38. The van der Waals surface area contributed by atoms with Gasteiger partial charge in [-0.2, -0.15) is 0 Å². The van der Waals surface area contributed by atoms with Crippen LogP contribution in [0.2, 0.25) is 0 Å². The first-order valence-electron chi connectivity index (χ1n) is 8.88. The molecule has 1 unspecified atom stereocenters. The van der Waals surface area contributed by atoms with Crippen LogP contribution in [0.4, 0.5) is 0 Å². The number of rotatable bonds is 3. The first-order valence-corrected chi connectivity index (χ1v) is 10.7. The summed E-state index contributed by atoms with van der Waals surface area (Å²) in [4.78, 5) is 24.3. The summed E-state index contributed by atoms with van der Waals surface area (Å²) in [5, 5.41) is 5.91. The number of hydrogen-bond acceptors (Lipinski definition) is 4. The normalized spacial score (nSPS) is 25.7. The van der Waals surface area contributed by atoms with Crippen molar-refractivity contribution in [2.75, 3.05) is 25.9 Å². The average Bonchev–Trinajstić information content (AvgIpc) is 2.98. The molecule has 0 bridgehead atoms. The van der Waals surface area contributed by atoms with Crippen LogP contribution < -0.4 is 10.6 Å². The average molecular weight is 359 g/mol. The second-order valence-corrected chi connectivity index (χ2v) is 8.86. The lowest BCUT2D eigenvalue weighted by molar-refractivity contribution is -0.126. The summed E-state index contributed by atoms with van der Waals surface area (Å²) in [7, 11) is -3.33. The molecule has 1 aliphatic heterocycles. The molecule has 1 heterocycles. The monoisotopic (exact) mass is 359 g/mol. The van der Waals surface area contributed by atoms with Crippen molar-refractivity contribution in [2.45, 2.75) is 57.4 Å². The number of hydrogen-bond donors (Lipinski definition) is 2. The van der Waals surface area contributed by atoms with Gasteiger partial charge < -0.3 is 10.6 Å². The smallest absolute Gasteiger partial charge is 0.223 e. The fraction of sp³-hybridized carbons (Fsp3) is 0.875. The van der Waals surface area contributed by atoms with Crippen molar-refractivity contribution in [3.8, 4) is 0 Å². The minimum atomic E-state index is -3.33. The molecule has 2 N–H and O–H groups in total. The van der Waals surface area contributed by atoms with E-state index in [4.69, 9.17) is 0 Å². The van der Waals surface area contributed by atoms with Crippen LogP contribution in [0, 0.1) is 5.92 Å². The molecule has 24 heavy (non-hydrogen) atoms. The minimum absolute atomic E-state index is 0.0429. The summed E-state index contributed by atoms with van der Waals surface area (Å²) in [5.74, 6) is -0.299. The van der Waals surface area contributed by atoms with E-state index in [0.29, 0.717) is 32.4 Å². The molecule has 2 fully saturated rings. The standard InChI is InChI=1S/C16H29N3O4S/c1-24(22,23)19-11-4-5-13(8-10-17-15(20)9-12-19)16(21)18-14-6-2-3-7-14/h13-14H,2-12H2,1H3,(H,17,20)(H,18,21). The third-order valence-electron chi connectivity index (χ3n) is 4.90. The molecule has 8 heteroatoms. The molecular weight excluding hydrogens is 330 g/mol. The third-order valence-corrected chi connectivity index (χ3v) is 6.21. The van der Waals surface area contributed by atoms with Crippen LogP contribution in [0.5, 0.6) is 0 Å². The molecule has 1 saturated carbocycles. The minimum Gasteiger partial charge on any atom is -0.356 e. The number of amides is 2. The Morgan fingerprint density at radius 2 is 1.83 bits per heavy atom. The van der Waals surface area contributed by atoms with Gasteiger partial charge in [0.15, 0.2) is 0 Å². The Morgan fingerprint density at radius 3 is 2.50 bits per heavy atom. The number of sulfonamides is 1. The highest BCUT2D eigenvalue weighted by Crippen LogP contribution is 2.20. The van der Waals surface area contributed by atoms with E-state index in [1.54, 1.807) is 0 Å². The fourth-order valence-electron chi connectivity index (χ4n) is 3.45. The molecule has 0 radical (unpaired) electrons. The number of nitrogens with zero attached hydrogens (tertiary/aromatic N) is 1. The summed E-state index contributed by atoms with van der Waals surface area (Å²) in [6, 6.07) is 0.276. The van der Waals surface area contributed by atoms with E-state index in [0.717, 1.165) is 31.9 Å². The Kier molecular flexibility index (Phi) is 7.03. The van der Waals surface area contributed by atoms with Crippen LogP contribution in [0.15, 0.2) is 0 Å². The molecule has 1 saturated heterocycles. The zero-order valence-electron chi connectivity index (χ0n) is 14.4. The maximum absolute atomic E-state index is 12.5. The van der Waals surface area contributed by atoms with Crippen molar-refractivity contribution in [3.05, 3.63) is 0 Å². The van der Waals surface area contributed by atoms with Crippen LogP contribution >= 0.6 is 0 Å². The molecule has 1 atom stereocenters. The molecule has 138 valence electrons. The highest BCUT2D eigenvalue weighted by atomic mass is 32.2. The lowest BCUT2D eigenvalue weighted by Gasteiger charge is -2.21. The van der Waals surface area contributed by atoms with E-state index in [-0.39, 0.29) is 36.7 Å². The van der Waals surface area contributed by atoms with Crippen molar-refractivity contribution in [1.29, 1.82) is 0 Å². The van der Waals surface area contributed by atoms with Gasteiger partial charge in [0.25, 0.3) is 0 Å². The third kappa shape index (κ3) is 6.05. The van der Waals surface area contributed by atoms with Gasteiger partial charge in [0.05, 0.1) is 6.26 Å². The zero-order valence-corrected chi connectivity index (χ0v) is 15.2. The van der Waals surface area contributed by atoms with Gasteiger partial charge in [0, 0.05) is 38.0 Å². The van der Waals surface area contributed by atoms with E-state index < -0.39 is 10.0 Å². The summed E-state index contributed by atoms with van der Waals surface area (Å²) in [5.41, 5.74) is 0. The van der Waals surface area contributed by atoms with Crippen molar-refractivity contribution in [2.24, 2.45) is 5.92 Å². The molecule has 2 amide bonds. The number of carbonyl (C=O) groups excluding carboxylic acids is 2. The van der Waals surface area contributed by atoms with Gasteiger partial charge in [-0.3, -0.25) is 9.59 Å². The summed E-state index contributed by atoms with van der Waals surface area (Å²) >= 11 is 0. The van der Waals surface area contributed by atoms with E-state index in [9.17, 15) is 18.0 Å². The van der Waals surface area contributed by atoms with Crippen molar-refractivity contribution in [3.63, 3.8) is 0 Å². The van der Waals surface area contributed by atoms with Crippen LogP contribution in [-0.2, 0) is 19.6 Å². The maximum Gasteiger partial charge on any atom is 0.223 e. The Morgan fingerprint density at radius 1 is 1.12 bits per heavy atom. The van der Waals surface area contributed by atoms with Gasteiger partial charge >= 0.3 is 0 Å². The Balaban J connectivity index is 1.96. The van der Waals surface area contributed by atoms with E-state index in [1.165, 1.54) is 4.31 Å². The first kappa shape index (κ1) is 19.2. The summed E-state index contributed by atoms with van der Waals surface area (Å²) < 4.78 is 24.9. The van der Waals surface area contributed by atoms with Gasteiger partial charge in [-0.05, 0) is 32.1 Å². The van der Waals surface area contributed by atoms with Gasteiger partial charge in [-0.25, -0.2) is 12.7 Å². The number of carbonyl (C=O) groups is 2. The van der Waals surface area contributed by atoms with Gasteiger partial charge in [0.2, 0.25) is 21.8 Å². The first-order chi connectivity index (χ1) is 11.4. The SMILES string of the molecule is CS(=O)(=O)N1CCCC(C(=O)NC2CCCC2)CCNC(=O)CC1. The van der Waals surface area contributed by atoms with Crippen molar-refractivity contribution >= 4 is 21.8 Å². The predicted molar refractivity (Wildman–Crippen MR) is 91.8 cm³/mol. The van der Waals surface area contributed by atoms with Gasteiger partial charge in [-0.1, -0.05) is 12.8 Å². The van der Waals surface area contributed by atoms with Crippen LogP contribution in [0.3, 0.4) is 0 Å². The quantitative estimate of drug-likeness (QED) is 0.772. The second-order valence-electron chi connectivity index (χ2n) is 6.88. The van der Waals surface area contributed by atoms with Crippen molar-refractivity contribution < 1.29 is 18.0 Å². The Bertz CT molecular complexity index is 544. The van der Waals surface area contributed by atoms with Crippen LogP contribution in [0.1, 0.15) is 51.4 Å². The molecule has 7 nitrogen and oxygen atoms in total. The summed E-state index contributed by atoms with van der Waals surface area (Å²) in [6.45, 7) is 1.02. The molecule has 0 spiro atoms. The predicted octanol–water partition coefficient (Wildman–Crippen LogP) is 0.613. The fourth-order valence-corrected chi connectivity index (χ4v) is 4.34. The molecule has 0 aromatic carbocycles. The van der Waals surface area contributed by atoms with Crippen LogP contribution in [0.25, 0.3) is 0 Å². The molecule has 1 aliphatic carbocycles. The lowest BCUT2D eigenvalue weighted by atomic mass is 9.97. The molecule has 0 aromatic rings. The highest BCUT2D eigenvalue weighted by Gasteiger charge is 2.25. The van der Waals surface area contributed by atoms with Crippen molar-refractivity contribution in [1.82, 2.24) is 14.9 Å². The second kappa shape index (κ2) is 8.80. The van der Waals surface area contributed by atoms with E-state index in [1.807, 2.05) is 0 Å². The van der Waals surface area contributed by atoms with Gasteiger partial charge in [-0.15, -0.1) is 0 Å². The molecule has 2 rings (SSSR count). The molecule has 0 aromatic heterocycles. The Labute approximate surface area is 144 Å². The highest BCUT2D eigenvalue weighted by molar-refractivity contribution is 7.88. The molecular formula is C16H29N3O4S. The Hall–Kier alpha value is -1.15. The largest absolute Gasteiger partial charge is 0.356 e. The molecule has 2 aliphatic rings. The zero-order chi connectivity index (χ0) is 17.6. The summed E-state index contributed by atoms with van der Waals surface area (Å²) in [6.07, 6.45) is 7.59.